The van der Waals surface area contributed by atoms with E-state index in [4.69, 9.17) is 14.5 Å². The molecule has 0 saturated heterocycles. The zero-order chi connectivity index (χ0) is 46.9. The standard InChI is InChI=1S/C44H50FN8O11.Pb/c1-5-25(19-55)28-14-33-41-29(18-52(33)44(62)30(28)21-63-4)39-26(6-7-27-23(2)31(45)15-32(51-41)40(27)39)20-64-22-49-36(57)17-48-42(60)24(3)50-35(56)10-11-47-43(61)34(16-46-12-13-54)53-37(58)8-9-38(53)59;/h8-9,13-15,19,24-26,34,46H,3,5-7,10-12,16-18,20-22H2,1-2,4H3,(H,47,61)(H,48,60)(H,49,57)(H,50,56);. The summed E-state index contributed by atoms with van der Waals surface area (Å²) in [6.45, 7) is 2.94. The summed E-state index contributed by atoms with van der Waals surface area (Å²) in [4.78, 5) is 118. The first-order chi connectivity index (χ1) is 31.3. The van der Waals surface area contributed by atoms with E-state index in [-0.39, 0.29) is 69.8 Å². The molecule has 6 rings (SSSR count). The molecule has 1 aromatic carbocycles. The Bertz CT molecular complexity index is 2490. The number of fused-ring (bicyclic) bond motifs is 4. The van der Waals surface area contributed by atoms with Crippen LogP contribution in [0.1, 0.15) is 71.4 Å². The van der Waals surface area contributed by atoms with Crippen LogP contribution in [0.15, 0.2) is 29.1 Å². The molecule has 3 aliphatic rings. The first-order valence-electron chi connectivity index (χ1n) is 21.2. The molecule has 19 nitrogen and oxygen atoms in total. The van der Waals surface area contributed by atoms with Gasteiger partial charge in [-0.15, -0.1) is 0 Å². The van der Waals surface area contributed by atoms with Gasteiger partial charge in [-0.25, -0.2) is 9.37 Å². The number of benzene rings is 1. The van der Waals surface area contributed by atoms with Crippen molar-refractivity contribution in [2.45, 2.75) is 80.6 Å². The molecular weight excluding hydrogens is 1040 g/mol. The number of pyridine rings is 2. The first kappa shape index (κ1) is 48.9. The quantitative estimate of drug-likeness (QED) is 0.0209. The normalized spacial score (nSPS) is 16.1. The molecule has 3 aromatic rings. The molecule has 4 unspecified atom stereocenters. The number of hydrogen-bond donors (Lipinski definition) is 5. The minimum atomic E-state index is -1.26. The van der Waals surface area contributed by atoms with Crippen LogP contribution in [-0.2, 0) is 67.4 Å². The third-order valence-electron chi connectivity index (χ3n) is 11.8. The van der Waals surface area contributed by atoms with Gasteiger partial charge in [0.05, 0.1) is 30.1 Å². The number of aldehydes is 2. The third-order valence-corrected chi connectivity index (χ3v) is 13.4. The Balaban J connectivity index is 1.03. The zero-order valence-electron chi connectivity index (χ0n) is 36.2. The molecule has 343 valence electrons. The van der Waals surface area contributed by atoms with Crippen LogP contribution in [0.4, 0.5) is 4.39 Å². The molecule has 0 fully saturated rings. The average Bonchev–Trinajstić information content (AvgIpc) is 3.83. The van der Waals surface area contributed by atoms with Crippen LogP contribution in [0.25, 0.3) is 22.3 Å². The van der Waals surface area contributed by atoms with E-state index in [0.717, 1.165) is 45.4 Å². The number of halogens is 1. The van der Waals surface area contributed by atoms with Gasteiger partial charge in [0.2, 0.25) is 0 Å². The van der Waals surface area contributed by atoms with Gasteiger partial charge in [-0.2, -0.15) is 0 Å². The van der Waals surface area contributed by atoms with Gasteiger partial charge in [0.15, 0.2) is 0 Å². The number of carbonyl (C=O) groups is 8. The summed E-state index contributed by atoms with van der Waals surface area (Å²) < 4.78 is 28.6. The number of imide groups is 1. The van der Waals surface area contributed by atoms with Crippen molar-refractivity contribution in [1.29, 1.82) is 0 Å². The molecule has 0 bridgehead atoms. The topological polar surface area (TPSA) is 253 Å². The van der Waals surface area contributed by atoms with E-state index in [9.17, 15) is 43.2 Å². The number of hydrogen-bond acceptors (Lipinski definition) is 13. The number of rotatable bonds is 23. The fourth-order valence-corrected chi connectivity index (χ4v) is 9.63. The number of amides is 6. The smallest absolute Gasteiger partial charge is 0.0262 e. The van der Waals surface area contributed by atoms with Crippen LogP contribution in [-0.4, -0.2) is 147 Å². The molecule has 1 aliphatic carbocycles. The summed E-state index contributed by atoms with van der Waals surface area (Å²) >= 11 is 0.528. The fraction of sp³-hybridized carbons (Fsp3) is 0.455. The number of nitrogens with zero attached hydrogens (tertiary/aromatic N) is 3. The number of methoxy groups -OCH3 is 1. The van der Waals surface area contributed by atoms with Crippen molar-refractivity contribution in [3.05, 3.63) is 73.8 Å². The number of ether oxygens (including phenoxy) is 2. The Morgan fingerprint density at radius 3 is 2.46 bits per heavy atom. The minimum absolute atomic E-state index is 0.0265. The van der Waals surface area contributed by atoms with Crippen LogP contribution in [0.2, 0.25) is 3.98 Å². The number of nitrogens with one attached hydrogen (secondary N) is 5. The number of carbonyl (C=O) groups excluding carboxylic acids is 8. The van der Waals surface area contributed by atoms with Crippen LogP contribution < -0.4 is 32.1 Å². The summed E-state index contributed by atoms with van der Waals surface area (Å²) in [6.07, 6.45) is 4.84. The van der Waals surface area contributed by atoms with Gasteiger partial charge < -0.3 is 18.9 Å². The molecule has 4 atom stereocenters. The van der Waals surface area contributed by atoms with Gasteiger partial charge in [-0.1, -0.05) is 6.92 Å². The van der Waals surface area contributed by atoms with E-state index >= 15 is 4.39 Å². The monoisotopic (exact) mass is 1090 g/mol. The summed E-state index contributed by atoms with van der Waals surface area (Å²) in [6, 6.07) is 1.03. The van der Waals surface area contributed by atoms with Crippen molar-refractivity contribution in [2.75, 3.05) is 46.6 Å². The van der Waals surface area contributed by atoms with Gasteiger partial charge in [0, 0.05) is 35.6 Å². The van der Waals surface area contributed by atoms with E-state index in [2.05, 4.69) is 26.6 Å². The van der Waals surface area contributed by atoms with E-state index in [1.165, 1.54) is 13.2 Å². The maximum atomic E-state index is 15.3. The van der Waals surface area contributed by atoms with Crippen LogP contribution in [0.5, 0.6) is 0 Å². The molecule has 5 N–H and O–H groups in total. The SMILES string of the molecule is CCC(C=O)c1cc2n(c(=O)c1COC)Cc1c-2nc2cc(F)c(C)c3c2c1C(COCNC(=O)CNC(=O)C([CH2][Pb])NC(=O)CCNC(=O)C(CNCC=O)N1C(=O)C=CC1=O)CC3. The van der Waals surface area contributed by atoms with Crippen molar-refractivity contribution < 1.29 is 52.2 Å². The second kappa shape index (κ2) is 22.1. The zero-order valence-corrected chi connectivity index (χ0v) is 40.1. The Kier molecular flexibility index (Phi) is 16.6. The minimum Gasteiger partial charge on any atom is -0.0262 e. The summed E-state index contributed by atoms with van der Waals surface area (Å²) in [5.41, 5.74) is 5.29. The molecule has 4 heterocycles. The van der Waals surface area contributed by atoms with Crippen LogP contribution >= 0.6 is 0 Å². The second-order valence-electron chi connectivity index (χ2n) is 15.8. The Hall–Kier alpha value is -5.59. The predicted molar refractivity (Wildman–Crippen MR) is 232 cm³/mol. The van der Waals surface area contributed by atoms with Gasteiger partial charge in [-0.3, -0.25) is 4.79 Å². The number of aromatic nitrogens is 2. The molecular formula is C44H50FN8O11Pb. The number of aryl methyl sites for hydroxylation is 1. The summed E-state index contributed by atoms with van der Waals surface area (Å²) in [7, 11) is 1.49. The van der Waals surface area contributed by atoms with Crippen molar-refractivity contribution in [2.24, 2.45) is 0 Å². The average molecular weight is 1090 g/mol. The first-order valence-corrected chi connectivity index (χ1v) is 23.9. The predicted octanol–water partition coefficient (Wildman–Crippen LogP) is -0.392. The van der Waals surface area contributed by atoms with E-state index in [1.54, 1.807) is 11.5 Å². The molecule has 0 saturated carbocycles. The maximum absolute atomic E-state index is 15.3. The van der Waals surface area contributed by atoms with Crippen LogP contribution in [0, 0.1) is 12.7 Å². The molecule has 3 radical (unpaired) electrons. The van der Waals surface area contributed by atoms with E-state index < -0.39 is 60.0 Å². The Labute approximate surface area is 388 Å². The van der Waals surface area contributed by atoms with E-state index in [0.29, 0.717) is 88.9 Å². The van der Waals surface area contributed by atoms with Gasteiger partial charge in [-0.05, 0) is 42.5 Å². The van der Waals surface area contributed by atoms with Gasteiger partial charge in [0.25, 0.3) is 5.56 Å². The molecule has 2 aliphatic heterocycles. The van der Waals surface area contributed by atoms with Crippen molar-refractivity contribution >= 4 is 84.7 Å². The van der Waals surface area contributed by atoms with Crippen molar-refractivity contribution in [3.63, 3.8) is 0 Å². The fourth-order valence-electron chi connectivity index (χ4n) is 8.51. The molecule has 21 heteroatoms. The molecule has 6 amide bonds. The molecule has 2 aromatic heterocycles. The Morgan fingerprint density at radius 2 is 1.78 bits per heavy atom. The summed E-state index contributed by atoms with van der Waals surface area (Å²) in [5.74, 6) is -4.92. The Morgan fingerprint density at radius 1 is 1.03 bits per heavy atom. The third kappa shape index (κ3) is 10.6. The van der Waals surface area contributed by atoms with Gasteiger partial charge >= 0.3 is 218 Å². The van der Waals surface area contributed by atoms with Crippen LogP contribution in [0.3, 0.4) is 0 Å². The van der Waals surface area contributed by atoms with E-state index in [1.807, 2.05) is 13.0 Å². The molecule has 0 spiro atoms. The van der Waals surface area contributed by atoms with Gasteiger partial charge in [0.1, 0.15) is 18.4 Å². The molecule has 65 heavy (non-hydrogen) atoms. The second-order valence-corrected chi connectivity index (χ2v) is 17.4. The van der Waals surface area contributed by atoms with Crippen molar-refractivity contribution in [3.8, 4) is 11.4 Å². The van der Waals surface area contributed by atoms with Crippen molar-refractivity contribution in [1.82, 2.24) is 41.0 Å². The summed E-state index contributed by atoms with van der Waals surface area (Å²) in [5, 5.41) is 13.7.